The summed E-state index contributed by atoms with van der Waals surface area (Å²) < 4.78 is 0. The Morgan fingerprint density at radius 3 is 2.72 bits per heavy atom. The fourth-order valence-corrected chi connectivity index (χ4v) is 2.19. The highest BCUT2D eigenvalue weighted by Gasteiger charge is 2.24. The zero-order chi connectivity index (χ0) is 12.3. The highest BCUT2D eigenvalue weighted by molar-refractivity contribution is 5.92. The Morgan fingerprint density at radius 1 is 1.50 bits per heavy atom. The third kappa shape index (κ3) is 3.23. The Morgan fingerprint density at radius 2 is 2.17 bits per heavy atom. The van der Waals surface area contributed by atoms with Crippen molar-refractivity contribution in [3.63, 3.8) is 0 Å². The van der Waals surface area contributed by atoms with Crippen LogP contribution in [0.1, 0.15) is 35.9 Å². The second-order valence-electron chi connectivity index (χ2n) is 4.53. The Hall–Kier alpha value is -1.07. The van der Waals surface area contributed by atoms with Gasteiger partial charge in [0, 0.05) is 18.8 Å². The number of halogens is 1. The van der Waals surface area contributed by atoms with E-state index in [0.29, 0.717) is 11.7 Å². The van der Waals surface area contributed by atoms with Gasteiger partial charge in [-0.15, -0.1) is 12.4 Å². The SMILES string of the molecule is CCc1cc(C(=O)N(C)C2CCNCC2)n[nH]1.Cl. The van der Waals surface area contributed by atoms with Crippen LogP contribution in [0.5, 0.6) is 0 Å². The molecule has 2 heterocycles. The average molecular weight is 273 g/mol. The van der Waals surface area contributed by atoms with Gasteiger partial charge in [-0.05, 0) is 38.4 Å². The summed E-state index contributed by atoms with van der Waals surface area (Å²) in [6.07, 6.45) is 2.91. The molecule has 0 bridgehead atoms. The van der Waals surface area contributed by atoms with Crippen LogP contribution in [0.4, 0.5) is 0 Å². The number of hydrogen-bond acceptors (Lipinski definition) is 3. The number of aromatic nitrogens is 2. The molecule has 1 fully saturated rings. The molecule has 1 aromatic heterocycles. The molecular formula is C12H21ClN4O. The van der Waals surface area contributed by atoms with Crippen molar-refractivity contribution in [2.45, 2.75) is 32.2 Å². The van der Waals surface area contributed by atoms with Gasteiger partial charge >= 0.3 is 0 Å². The standard InChI is InChI=1S/C12H20N4O.ClH/c1-3-9-8-11(15-14-9)12(17)16(2)10-4-6-13-7-5-10;/h8,10,13H,3-7H2,1-2H3,(H,14,15);1H. The Bertz CT molecular complexity index is 387. The summed E-state index contributed by atoms with van der Waals surface area (Å²) >= 11 is 0. The van der Waals surface area contributed by atoms with Gasteiger partial charge < -0.3 is 10.2 Å². The predicted molar refractivity (Wildman–Crippen MR) is 73.2 cm³/mol. The van der Waals surface area contributed by atoms with Crippen LogP contribution in [0.15, 0.2) is 6.07 Å². The van der Waals surface area contributed by atoms with Crippen LogP contribution in [0.25, 0.3) is 0 Å². The maximum atomic E-state index is 12.2. The van der Waals surface area contributed by atoms with Gasteiger partial charge in [0.1, 0.15) is 5.69 Å². The second-order valence-corrected chi connectivity index (χ2v) is 4.53. The van der Waals surface area contributed by atoms with Crippen molar-refractivity contribution >= 4 is 18.3 Å². The molecule has 1 aliphatic heterocycles. The molecule has 0 spiro atoms. The van der Waals surface area contributed by atoms with Crippen LogP contribution in [-0.4, -0.2) is 47.2 Å². The van der Waals surface area contributed by atoms with E-state index in [1.165, 1.54) is 0 Å². The number of amides is 1. The summed E-state index contributed by atoms with van der Waals surface area (Å²) in [5, 5.41) is 10.3. The lowest BCUT2D eigenvalue weighted by molar-refractivity contribution is 0.0697. The van der Waals surface area contributed by atoms with E-state index in [2.05, 4.69) is 15.5 Å². The van der Waals surface area contributed by atoms with Gasteiger partial charge in [-0.1, -0.05) is 6.92 Å². The molecule has 0 saturated carbocycles. The molecule has 2 rings (SSSR count). The molecule has 0 unspecified atom stereocenters. The van der Waals surface area contributed by atoms with Crippen molar-refractivity contribution in [2.75, 3.05) is 20.1 Å². The molecule has 18 heavy (non-hydrogen) atoms. The maximum absolute atomic E-state index is 12.2. The van der Waals surface area contributed by atoms with E-state index in [1.807, 2.05) is 24.9 Å². The molecule has 0 atom stereocenters. The monoisotopic (exact) mass is 272 g/mol. The van der Waals surface area contributed by atoms with Crippen molar-refractivity contribution in [3.05, 3.63) is 17.5 Å². The van der Waals surface area contributed by atoms with Crippen molar-refractivity contribution < 1.29 is 4.79 Å². The highest BCUT2D eigenvalue weighted by atomic mass is 35.5. The number of aryl methyl sites for hydroxylation is 1. The first-order chi connectivity index (χ1) is 8.22. The smallest absolute Gasteiger partial charge is 0.274 e. The number of H-pyrrole nitrogens is 1. The number of piperidine rings is 1. The normalized spacial score (nSPS) is 16.1. The van der Waals surface area contributed by atoms with Gasteiger partial charge in [0.25, 0.3) is 5.91 Å². The van der Waals surface area contributed by atoms with E-state index in [9.17, 15) is 4.79 Å². The van der Waals surface area contributed by atoms with E-state index >= 15 is 0 Å². The molecule has 5 nitrogen and oxygen atoms in total. The van der Waals surface area contributed by atoms with Gasteiger partial charge in [0.05, 0.1) is 0 Å². The maximum Gasteiger partial charge on any atom is 0.274 e. The summed E-state index contributed by atoms with van der Waals surface area (Å²) in [5.74, 6) is 0.0212. The number of aromatic amines is 1. The molecular weight excluding hydrogens is 252 g/mol. The van der Waals surface area contributed by atoms with E-state index in [1.54, 1.807) is 0 Å². The molecule has 102 valence electrons. The number of carbonyl (C=O) groups excluding carboxylic acids is 1. The lowest BCUT2D eigenvalue weighted by Gasteiger charge is -2.31. The van der Waals surface area contributed by atoms with Crippen LogP contribution in [0.3, 0.4) is 0 Å². The summed E-state index contributed by atoms with van der Waals surface area (Å²) in [7, 11) is 1.87. The number of hydrogen-bond donors (Lipinski definition) is 2. The largest absolute Gasteiger partial charge is 0.337 e. The Labute approximate surface area is 114 Å². The fraction of sp³-hybridized carbons (Fsp3) is 0.667. The second kappa shape index (κ2) is 6.75. The van der Waals surface area contributed by atoms with Crippen LogP contribution in [0.2, 0.25) is 0 Å². The minimum absolute atomic E-state index is 0. The van der Waals surface area contributed by atoms with Crippen LogP contribution in [0, 0.1) is 0 Å². The van der Waals surface area contributed by atoms with Crippen molar-refractivity contribution in [1.29, 1.82) is 0 Å². The van der Waals surface area contributed by atoms with E-state index < -0.39 is 0 Å². The summed E-state index contributed by atoms with van der Waals surface area (Å²) in [5.41, 5.74) is 1.54. The third-order valence-corrected chi connectivity index (χ3v) is 3.41. The molecule has 1 aliphatic rings. The zero-order valence-electron chi connectivity index (χ0n) is 10.9. The van der Waals surface area contributed by atoms with Gasteiger partial charge in [-0.25, -0.2) is 0 Å². The number of nitrogens with one attached hydrogen (secondary N) is 2. The first-order valence-electron chi connectivity index (χ1n) is 6.24. The summed E-state index contributed by atoms with van der Waals surface area (Å²) in [6.45, 7) is 4.02. The van der Waals surface area contributed by atoms with Crippen molar-refractivity contribution in [2.24, 2.45) is 0 Å². The number of rotatable bonds is 3. The first kappa shape index (κ1) is 15.0. The Kier molecular flexibility index (Phi) is 5.62. The average Bonchev–Trinajstić information content (AvgIpc) is 2.87. The van der Waals surface area contributed by atoms with Gasteiger partial charge in [0.2, 0.25) is 0 Å². The molecule has 2 N–H and O–H groups in total. The van der Waals surface area contributed by atoms with Gasteiger partial charge in [-0.3, -0.25) is 9.89 Å². The fourth-order valence-electron chi connectivity index (χ4n) is 2.19. The highest BCUT2D eigenvalue weighted by Crippen LogP contribution is 2.13. The lowest BCUT2D eigenvalue weighted by atomic mass is 10.1. The third-order valence-electron chi connectivity index (χ3n) is 3.41. The topological polar surface area (TPSA) is 61.0 Å². The first-order valence-corrected chi connectivity index (χ1v) is 6.24. The van der Waals surface area contributed by atoms with Crippen molar-refractivity contribution in [3.8, 4) is 0 Å². The van der Waals surface area contributed by atoms with Crippen LogP contribution < -0.4 is 5.32 Å². The summed E-state index contributed by atoms with van der Waals surface area (Å²) in [6, 6.07) is 2.19. The van der Waals surface area contributed by atoms with Gasteiger partial charge in [0.15, 0.2) is 0 Å². The minimum Gasteiger partial charge on any atom is -0.337 e. The number of nitrogens with zero attached hydrogens (tertiary/aromatic N) is 2. The van der Waals surface area contributed by atoms with Crippen LogP contribution >= 0.6 is 12.4 Å². The molecule has 6 heteroatoms. The predicted octanol–water partition coefficient (Wildman–Crippen LogP) is 1.22. The molecule has 0 aromatic carbocycles. The quantitative estimate of drug-likeness (QED) is 0.870. The summed E-state index contributed by atoms with van der Waals surface area (Å²) in [4.78, 5) is 14.0. The Balaban J connectivity index is 0.00000162. The molecule has 1 saturated heterocycles. The van der Waals surface area contributed by atoms with E-state index in [-0.39, 0.29) is 18.3 Å². The minimum atomic E-state index is 0. The van der Waals surface area contributed by atoms with E-state index in [0.717, 1.165) is 38.0 Å². The zero-order valence-corrected chi connectivity index (χ0v) is 11.7. The number of carbonyl (C=O) groups is 1. The van der Waals surface area contributed by atoms with Crippen molar-refractivity contribution in [1.82, 2.24) is 20.4 Å². The van der Waals surface area contributed by atoms with Gasteiger partial charge in [-0.2, -0.15) is 5.10 Å². The molecule has 0 radical (unpaired) electrons. The molecule has 1 aromatic rings. The molecule has 0 aliphatic carbocycles. The molecule has 1 amide bonds. The lowest BCUT2D eigenvalue weighted by Crippen LogP contribution is -2.44. The van der Waals surface area contributed by atoms with E-state index in [4.69, 9.17) is 0 Å². The van der Waals surface area contributed by atoms with Crippen LogP contribution in [-0.2, 0) is 6.42 Å².